The summed E-state index contributed by atoms with van der Waals surface area (Å²) in [6.07, 6.45) is 0.0672. The van der Waals surface area contributed by atoms with Crippen molar-refractivity contribution in [2.75, 3.05) is 13.2 Å². The first kappa shape index (κ1) is 9.98. The molecule has 1 fully saturated rings. The maximum atomic E-state index is 10.7. The number of phenolic OH excluding ortho intramolecular Hbond substituents is 1. The Bertz CT molecular complexity index is 365. The van der Waals surface area contributed by atoms with E-state index in [4.69, 9.17) is 14.9 Å². The molecular formula is C11H12O4. The van der Waals surface area contributed by atoms with Crippen molar-refractivity contribution in [3.8, 4) is 5.75 Å². The van der Waals surface area contributed by atoms with Crippen LogP contribution in [0.15, 0.2) is 24.3 Å². The van der Waals surface area contributed by atoms with E-state index in [1.807, 2.05) is 0 Å². The molecule has 15 heavy (non-hydrogen) atoms. The molecule has 1 heterocycles. The number of carboxylic acids is 1. The van der Waals surface area contributed by atoms with Crippen molar-refractivity contribution in [3.05, 3.63) is 29.8 Å². The maximum absolute atomic E-state index is 10.7. The molecule has 0 saturated carbocycles. The highest BCUT2D eigenvalue weighted by atomic mass is 16.5. The summed E-state index contributed by atoms with van der Waals surface area (Å²) < 4.78 is 5.10. The molecule has 0 aliphatic carbocycles. The molecule has 1 aromatic rings. The van der Waals surface area contributed by atoms with Crippen LogP contribution in [0, 0.1) is 0 Å². The molecule has 1 aromatic carbocycles. The largest absolute Gasteiger partial charge is 0.508 e. The number of hydrogen-bond acceptors (Lipinski definition) is 3. The molecule has 0 atom stereocenters. The van der Waals surface area contributed by atoms with Crippen molar-refractivity contribution in [2.24, 2.45) is 0 Å². The van der Waals surface area contributed by atoms with Gasteiger partial charge in [-0.2, -0.15) is 0 Å². The van der Waals surface area contributed by atoms with Gasteiger partial charge in [0.15, 0.2) is 0 Å². The van der Waals surface area contributed by atoms with Crippen LogP contribution >= 0.6 is 0 Å². The summed E-state index contributed by atoms with van der Waals surface area (Å²) in [5.74, 6) is -0.643. The van der Waals surface area contributed by atoms with Crippen LogP contribution in [0.2, 0.25) is 0 Å². The zero-order chi connectivity index (χ0) is 10.9. The highest BCUT2D eigenvalue weighted by Crippen LogP contribution is 2.36. The summed E-state index contributed by atoms with van der Waals surface area (Å²) in [4.78, 5) is 10.7. The van der Waals surface area contributed by atoms with Crippen molar-refractivity contribution >= 4 is 5.97 Å². The van der Waals surface area contributed by atoms with Crippen molar-refractivity contribution in [1.29, 1.82) is 0 Å². The van der Waals surface area contributed by atoms with Crippen molar-refractivity contribution < 1.29 is 19.7 Å². The molecule has 0 amide bonds. The highest BCUT2D eigenvalue weighted by Gasteiger charge is 2.42. The molecule has 0 unspecified atom stereocenters. The molecule has 4 nitrogen and oxygen atoms in total. The molecule has 2 rings (SSSR count). The number of benzene rings is 1. The van der Waals surface area contributed by atoms with Gasteiger partial charge in [0, 0.05) is 0 Å². The van der Waals surface area contributed by atoms with E-state index < -0.39 is 11.4 Å². The van der Waals surface area contributed by atoms with E-state index in [2.05, 4.69) is 0 Å². The van der Waals surface area contributed by atoms with Gasteiger partial charge >= 0.3 is 5.97 Å². The van der Waals surface area contributed by atoms with E-state index in [-0.39, 0.29) is 12.2 Å². The second-order valence-electron chi connectivity index (χ2n) is 3.89. The van der Waals surface area contributed by atoms with Crippen LogP contribution in [0.4, 0.5) is 0 Å². The monoisotopic (exact) mass is 208 g/mol. The molecule has 0 radical (unpaired) electrons. The summed E-state index contributed by atoms with van der Waals surface area (Å²) in [6, 6.07) is 6.64. The van der Waals surface area contributed by atoms with Crippen LogP contribution in [0.25, 0.3) is 0 Å². The predicted octanol–water partition coefficient (Wildman–Crippen LogP) is 1.13. The normalized spacial score (nSPS) is 18.1. The standard InChI is InChI=1S/C11H12O4/c12-9-3-1-8(2-4-9)11(5-10(13)14)6-15-7-11/h1-4,12H,5-7H2,(H,13,14). The Morgan fingerprint density at radius 2 is 1.93 bits per heavy atom. The first-order valence-corrected chi connectivity index (χ1v) is 4.71. The van der Waals surface area contributed by atoms with Crippen LogP contribution in [0.1, 0.15) is 12.0 Å². The number of aliphatic carboxylic acids is 1. The lowest BCUT2D eigenvalue weighted by atomic mass is 9.76. The number of hydrogen-bond donors (Lipinski definition) is 2. The second kappa shape index (κ2) is 3.55. The molecule has 0 spiro atoms. The van der Waals surface area contributed by atoms with Gasteiger partial charge in [-0.25, -0.2) is 0 Å². The van der Waals surface area contributed by atoms with Gasteiger partial charge in [-0.05, 0) is 17.7 Å². The predicted molar refractivity (Wildman–Crippen MR) is 52.9 cm³/mol. The molecule has 1 aliphatic rings. The molecular weight excluding hydrogens is 196 g/mol. The summed E-state index contributed by atoms with van der Waals surface area (Å²) in [5.41, 5.74) is 0.508. The fourth-order valence-corrected chi connectivity index (χ4v) is 1.82. The van der Waals surface area contributed by atoms with Gasteiger partial charge in [0.1, 0.15) is 5.75 Å². The fourth-order valence-electron chi connectivity index (χ4n) is 1.82. The minimum atomic E-state index is -0.827. The van der Waals surface area contributed by atoms with Gasteiger partial charge in [-0.3, -0.25) is 4.79 Å². The van der Waals surface area contributed by atoms with Gasteiger partial charge in [0.05, 0.1) is 25.0 Å². The van der Waals surface area contributed by atoms with Gasteiger partial charge < -0.3 is 14.9 Å². The lowest BCUT2D eigenvalue weighted by Gasteiger charge is -2.40. The second-order valence-corrected chi connectivity index (χ2v) is 3.89. The Balaban J connectivity index is 2.26. The van der Waals surface area contributed by atoms with E-state index in [1.165, 1.54) is 0 Å². The van der Waals surface area contributed by atoms with Crippen LogP contribution in [-0.2, 0) is 14.9 Å². The third-order valence-corrected chi connectivity index (χ3v) is 2.73. The fraction of sp³-hybridized carbons (Fsp3) is 0.364. The lowest BCUT2D eigenvalue weighted by molar-refractivity contribution is -0.145. The number of carbonyl (C=O) groups is 1. The van der Waals surface area contributed by atoms with Gasteiger partial charge in [0.2, 0.25) is 0 Å². The first-order valence-electron chi connectivity index (χ1n) is 4.71. The number of ether oxygens (including phenoxy) is 1. The number of rotatable bonds is 3. The molecule has 4 heteroatoms. The maximum Gasteiger partial charge on any atom is 0.304 e. The summed E-state index contributed by atoms with van der Waals surface area (Å²) in [6.45, 7) is 0.869. The highest BCUT2D eigenvalue weighted by molar-refractivity contribution is 5.69. The molecule has 0 bridgehead atoms. The Labute approximate surface area is 87.1 Å². The number of carboxylic acid groups (broad SMARTS) is 1. The van der Waals surface area contributed by atoms with E-state index in [1.54, 1.807) is 24.3 Å². The Kier molecular flexibility index (Phi) is 2.36. The van der Waals surface area contributed by atoms with E-state index in [0.717, 1.165) is 5.56 Å². The van der Waals surface area contributed by atoms with Crippen LogP contribution < -0.4 is 0 Å². The first-order chi connectivity index (χ1) is 7.12. The van der Waals surface area contributed by atoms with Crippen molar-refractivity contribution in [2.45, 2.75) is 11.8 Å². The zero-order valence-electron chi connectivity index (χ0n) is 8.14. The van der Waals surface area contributed by atoms with Crippen molar-refractivity contribution in [1.82, 2.24) is 0 Å². The number of aromatic hydroxyl groups is 1. The summed E-state index contributed by atoms with van der Waals surface area (Å²) >= 11 is 0. The minimum Gasteiger partial charge on any atom is -0.508 e. The average Bonchev–Trinajstić information content (AvgIpc) is 2.13. The van der Waals surface area contributed by atoms with Crippen LogP contribution in [0.3, 0.4) is 0 Å². The molecule has 2 N–H and O–H groups in total. The van der Waals surface area contributed by atoms with E-state index in [9.17, 15) is 4.79 Å². The third kappa shape index (κ3) is 1.80. The van der Waals surface area contributed by atoms with Gasteiger partial charge in [-0.15, -0.1) is 0 Å². The molecule has 1 saturated heterocycles. The van der Waals surface area contributed by atoms with Gasteiger partial charge in [-0.1, -0.05) is 12.1 Å². The zero-order valence-corrected chi connectivity index (χ0v) is 8.14. The lowest BCUT2D eigenvalue weighted by Crippen LogP contribution is -2.48. The molecule has 0 aromatic heterocycles. The minimum absolute atomic E-state index is 0.0672. The number of phenols is 1. The van der Waals surface area contributed by atoms with Gasteiger partial charge in [0.25, 0.3) is 0 Å². The van der Waals surface area contributed by atoms with Crippen LogP contribution in [-0.4, -0.2) is 29.4 Å². The quantitative estimate of drug-likeness (QED) is 0.781. The topological polar surface area (TPSA) is 66.8 Å². The summed E-state index contributed by atoms with van der Waals surface area (Å²) in [7, 11) is 0. The average molecular weight is 208 g/mol. The Morgan fingerprint density at radius 3 is 2.33 bits per heavy atom. The summed E-state index contributed by atoms with van der Waals surface area (Å²) in [5, 5.41) is 18.0. The van der Waals surface area contributed by atoms with Crippen LogP contribution in [0.5, 0.6) is 5.75 Å². The SMILES string of the molecule is O=C(O)CC1(c2ccc(O)cc2)COC1. The Morgan fingerprint density at radius 1 is 1.33 bits per heavy atom. The van der Waals surface area contributed by atoms with Crippen molar-refractivity contribution in [3.63, 3.8) is 0 Å². The van der Waals surface area contributed by atoms with E-state index in [0.29, 0.717) is 13.2 Å². The molecule has 1 aliphatic heterocycles. The van der Waals surface area contributed by atoms with E-state index >= 15 is 0 Å². The Hall–Kier alpha value is -1.55. The molecule has 80 valence electrons. The third-order valence-electron chi connectivity index (χ3n) is 2.73. The smallest absolute Gasteiger partial charge is 0.304 e.